The topological polar surface area (TPSA) is 33.5 Å². The molecule has 0 atom stereocenters. The van der Waals surface area contributed by atoms with Crippen LogP contribution in [0.4, 0.5) is 10.1 Å². The van der Waals surface area contributed by atoms with E-state index < -0.39 is 5.82 Å². The molecule has 0 bridgehead atoms. The molecule has 0 aliphatic rings. The molecule has 0 fully saturated rings. The number of benzene rings is 1. The van der Waals surface area contributed by atoms with Crippen molar-refractivity contribution < 1.29 is 13.6 Å². The van der Waals surface area contributed by atoms with Gasteiger partial charge in [-0.3, -0.25) is 4.79 Å². The minimum absolute atomic E-state index is 0.227. The first-order valence-corrected chi connectivity index (χ1v) is 5.66. The van der Waals surface area contributed by atoms with Gasteiger partial charge in [-0.1, -0.05) is 12.1 Å². The highest BCUT2D eigenvalue weighted by Crippen LogP contribution is 2.23. The lowest BCUT2D eigenvalue weighted by atomic mass is 10.2. The molecule has 0 saturated heterocycles. The Kier molecular flexibility index (Phi) is 3.28. The Morgan fingerprint density at radius 3 is 2.65 bits per heavy atom. The maximum atomic E-state index is 13.5. The van der Waals surface area contributed by atoms with Crippen LogP contribution in [0.1, 0.15) is 10.4 Å². The van der Waals surface area contributed by atoms with Gasteiger partial charge in [0.1, 0.15) is 5.82 Å². The van der Waals surface area contributed by atoms with Crippen molar-refractivity contribution in [3.8, 4) is 0 Å². The minimum atomic E-state index is -0.442. The first-order chi connectivity index (χ1) is 8.11. The zero-order valence-corrected chi connectivity index (χ0v) is 10.6. The molecule has 1 heterocycles. The van der Waals surface area contributed by atoms with Gasteiger partial charge in [0.25, 0.3) is 5.91 Å². The van der Waals surface area contributed by atoms with E-state index in [9.17, 15) is 9.18 Å². The Labute approximate surface area is 106 Å². The standard InChI is InChI=1S/C12H9BrFNO2/c1-15(10-5-3-2-4-9(10)14)12(16)8-6-7-17-11(8)13/h2-7H,1H3. The second-order valence-corrected chi connectivity index (χ2v) is 4.14. The van der Waals surface area contributed by atoms with E-state index in [0.29, 0.717) is 10.2 Å². The number of carbonyl (C=O) groups excluding carboxylic acids is 1. The maximum absolute atomic E-state index is 13.5. The summed E-state index contributed by atoms with van der Waals surface area (Å²) in [5, 5.41) is 0. The van der Waals surface area contributed by atoms with Crippen LogP contribution >= 0.6 is 15.9 Å². The third kappa shape index (κ3) is 2.24. The lowest BCUT2D eigenvalue weighted by Gasteiger charge is -2.17. The molecule has 0 unspecified atom stereocenters. The van der Waals surface area contributed by atoms with Crippen LogP contribution in [0.25, 0.3) is 0 Å². The molecule has 0 spiro atoms. The Balaban J connectivity index is 2.33. The molecule has 88 valence electrons. The fraction of sp³-hybridized carbons (Fsp3) is 0.0833. The molecule has 3 nitrogen and oxygen atoms in total. The molecule has 0 aliphatic heterocycles. The summed E-state index contributed by atoms with van der Waals surface area (Å²) in [4.78, 5) is 13.3. The van der Waals surface area contributed by atoms with Gasteiger partial charge in [0.15, 0.2) is 4.67 Å². The summed E-state index contributed by atoms with van der Waals surface area (Å²) in [5.74, 6) is -0.779. The van der Waals surface area contributed by atoms with Crippen molar-refractivity contribution in [3.05, 3.63) is 52.6 Å². The van der Waals surface area contributed by atoms with E-state index in [-0.39, 0.29) is 11.6 Å². The number of hydrogen-bond acceptors (Lipinski definition) is 2. The maximum Gasteiger partial charge on any atom is 0.262 e. The summed E-state index contributed by atoms with van der Waals surface area (Å²) in [7, 11) is 1.51. The van der Waals surface area contributed by atoms with E-state index >= 15 is 0 Å². The average molecular weight is 298 g/mol. The monoisotopic (exact) mass is 297 g/mol. The summed E-state index contributed by atoms with van der Waals surface area (Å²) < 4.78 is 18.8. The Bertz CT molecular complexity index is 553. The predicted octanol–water partition coefficient (Wildman–Crippen LogP) is 3.46. The van der Waals surface area contributed by atoms with Crippen LogP contribution in [0.3, 0.4) is 0 Å². The van der Waals surface area contributed by atoms with Crippen molar-refractivity contribution in [1.82, 2.24) is 0 Å². The summed E-state index contributed by atoms with van der Waals surface area (Å²) >= 11 is 3.12. The van der Waals surface area contributed by atoms with Gasteiger partial charge in [-0.25, -0.2) is 4.39 Å². The number of anilines is 1. The number of amides is 1. The van der Waals surface area contributed by atoms with E-state index in [1.54, 1.807) is 18.2 Å². The van der Waals surface area contributed by atoms with E-state index in [0.717, 1.165) is 0 Å². The van der Waals surface area contributed by atoms with Crippen molar-refractivity contribution in [2.45, 2.75) is 0 Å². The van der Waals surface area contributed by atoms with Crippen LogP contribution in [0, 0.1) is 5.82 Å². The van der Waals surface area contributed by atoms with Gasteiger partial charge in [0, 0.05) is 7.05 Å². The molecule has 2 rings (SSSR count). The molecule has 5 heteroatoms. The number of para-hydroxylation sites is 1. The summed E-state index contributed by atoms with van der Waals surface area (Å²) in [6.45, 7) is 0. The predicted molar refractivity (Wildman–Crippen MR) is 65.5 cm³/mol. The summed E-state index contributed by atoms with van der Waals surface area (Å²) in [6.07, 6.45) is 1.40. The molecule has 0 saturated carbocycles. The second-order valence-electron chi connectivity index (χ2n) is 3.42. The third-order valence-corrected chi connectivity index (χ3v) is 2.98. The van der Waals surface area contributed by atoms with Crippen LogP contribution in [0.15, 0.2) is 45.7 Å². The highest BCUT2D eigenvalue weighted by Gasteiger charge is 2.20. The summed E-state index contributed by atoms with van der Waals surface area (Å²) in [6, 6.07) is 7.63. The van der Waals surface area contributed by atoms with E-state index in [1.165, 1.54) is 30.3 Å². The highest BCUT2D eigenvalue weighted by atomic mass is 79.9. The molecular weight excluding hydrogens is 289 g/mol. The Hall–Kier alpha value is -1.62. The lowest BCUT2D eigenvalue weighted by Crippen LogP contribution is -2.26. The van der Waals surface area contributed by atoms with Crippen LogP contribution in [0.2, 0.25) is 0 Å². The van der Waals surface area contributed by atoms with Crippen LogP contribution < -0.4 is 4.90 Å². The zero-order valence-electron chi connectivity index (χ0n) is 8.98. The van der Waals surface area contributed by atoms with Crippen molar-refractivity contribution in [2.24, 2.45) is 0 Å². The third-order valence-electron chi connectivity index (χ3n) is 2.37. The number of furan rings is 1. The van der Waals surface area contributed by atoms with Crippen molar-refractivity contribution in [1.29, 1.82) is 0 Å². The number of carbonyl (C=O) groups is 1. The van der Waals surface area contributed by atoms with Crippen LogP contribution in [-0.2, 0) is 0 Å². The summed E-state index contributed by atoms with van der Waals surface area (Å²) in [5.41, 5.74) is 0.585. The van der Waals surface area contributed by atoms with Crippen LogP contribution in [0.5, 0.6) is 0 Å². The van der Waals surface area contributed by atoms with Crippen LogP contribution in [-0.4, -0.2) is 13.0 Å². The van der Waals surface area contributed by atoms with Gasteiger partial charge in [-0.05, 0) is 34.1 Å². The van der Waals surface area contributed by atoms with E-state index in [4.69, 9.17) is 4.42 Å². The molecule has 0 radical (unpaired) electrons. The highest BCUT2D eigenvalue weighted by molar-refractivity contribution is 9.10. The molecule has 1 amide bonds. The van der Waals surface area contributed by atoms with Gasteiger partial charge in [0.05, 0.1) is 17.5 Å². The molecule has 1 aromatic heterocycles. The first-order valence-electron chi connectivity index (χ1n) is 4.87. The Morgan fingerprint density at radius 1 is 1.35 bits per heavy atom. The van der Waals surface area contributed by atoms with Gasteiger partial charge in [-0.2, -0.15) is 0 Å². The molecule has 1 aromatic carbocycles. The van der Waals surface area contributed by atoms with Crippen molar-refractivity contribution in [2.75, 3.05) is 11.9 Å². The smallest absolute Gasteiger partial charge is 0.262 e. The van der Waals surface area contributed by atoms with E-state index in [1.807, 2.05) is 0 Å². The number of halogens is 2. The fourth-order valence-corrected chi connectivity index (χ4v) is 1.87. The Morgan fingerprint density at radius 2 is 2.06 bits per heavy atom. The lowest BCUT2D eigenvalue weighted by molar-refractivity contribution is 0.0990. The SMILES string of the molecule is CN(C(=O)c1ccoc1Br)c1ccccc1F. The zero-order chi connectivity index (χ0) is 12.4. The average Bonchev–Trinajstić information content (AvgIpc) is 2.74. The first kappa shape index (κ1) is 11.9. The quantitative estimate of drug-likeness (QED) is 0.850. The number of nitrogens with zero attached hydrogens (tertiary/aromatic N) is 1. The van der Waals surface area contributed by atoms with Crippen molar-refractivity contribution in [3.63, 3.8) is 0 Å². The van der Waals surface area contributed by atoms with Gasteiger partial charge in [0.2, 0.25) is 0 Å². The molecule has 0 N–H and O–H groups in total. The molecule has 0 aliphatic carbocycles. The minimum Gasteiger partial charge on any atom is -0.457 e. The van der Waals surface area contributed by atoms with Gasteiger partial charge in [-0.15, -0.1) is 0 Å². The fourth-order valence-electron chi connectivity index (χ4n) is 1.46. The largest absolute Gasteiger partial charge is 0.457 e. The molecular formula is C12H9BrFNO2. The molecule has 2 aromatic rings. The van der Waals surface area contributed by atoms with Gasteiger partial charge >= 0.3 is 0 Å². The van der Waals surface area contributed by atoms with Crippen molar-refractivity contribution >= 4 is 27.5 Å². The normalized spacial score (nSPS) is 10.3. The number of rotatable bonds is 2. The molecule has 17 heavy (non-hydrogen) atoms. The van der Waals surface area contributed by atoms with E-state index in [2.05, 4.69) is 15.9 Å². The second kappa shape index (κ2) is 4.71. The number of hydrogen-bond donors (Lipinski definition) is 0. The van der Waals surface area contributed by atoms with Gasteiger partial charge < -0.3 is 9.32 Å².